The van der Waals surface area contributed by atoms with Crippen molar-refractivity contribution in [3.05, 3.63) is 0 Å². The Labute approximate surface area is 71.4 Å². The number of aliphatic hydroxyl groups excluding tert-OH is 1. The lowest BCUT2D eigenvalue weighted by Crippen LogP contribution is -2.42. The van der Waals surface area contributed by atoms with E-state index in [4.69, 9.17) is 5.11 Å². The summed E-state index contributed by atoms with van der Waals surface area (Å²) in [6.07, 6.45) is -0.371. The smallest absolute Gasteiger partial charge is 0.148 e. The number of hydrogen-bond acceptors (Lipinski definition) is 3. The van der Waals surface area contributed by atoms with Gasteiger partial charge in [0.1, 0.15) is 17.7 Å². The number of alkyl halides is 1. The normalized spacial score (nSPS) is 20.9. The van der Waals surface area contributed by atoms with Gasteiger partial charge in [-0.25, -0.2) is 0 Å². The zero-order valence-electron chi connectivity index (χ0n) is 5.13. The Bertz CT molecular complexity index is 93.9. The summed E-state index contributed by atoms with van der Waals surface area (Å²) in [5.74, 6) is 0. The molecule has 0 rings (SSSR count). The molecule has 3 N–H and O–H groups in total. The zero-order chi connectivity index (χ0) is 7.49. The van der Waals surface area contributed by atoms with Crippen LogP contribution < -0.4 is 5.09 Å². The minimum absolute atomic E-state index is 0.510. The predicted octanol–water partition coefficient (Wildman–Crippen LogP) is -1.14. The Morgan fingerprint density at radius 3 is 2.44 bits per heavy atom. The van der Waals surface area contributed by atoms with Crippen molar-refractivity contribution in [3.8, 4) is 0 Å². The van der Waals surface area contributed by atoms with Gasteiger partial charge in [0.05, 0.1) is 0 Å². The summed E-state index contributed by atoms with van der Waals surface area (Å²) in [4.78, 5) is 0. The summed E-state index contributed by atoms with van der Waals surface area (Å²) in [6, 6.07) is 0. The van der Waals surface area contributed by atoms with Gasteiger partial charge in [0.15, 0.2) is 0 Å². The summed E-state index contributed by atoms with van der Waals surface area (Å²) < 4.78 is -1.06. The van der Waals surface area contributed by atoms with E-state index in [1.165, 1.54) is 0 Å². The highest BCUT2D eigenvalue weighted by Gasteiger charge is 2.28. The van der Waals surface area contributed by atoms with Gasteiger partial charge in [-0.05, 0) is 28.9 Å². The fourth-order valence-corrected chi connectivity index (χ4v) is 1.12. The summed E-state index contributed by atoms with van der Waals surface area (Å²) in [6.45, 7) is 0. The van der Waals surface area contributed by atoms with Crippen molar-refractivity contribution in [2.75, 3.05) is 0 Å². The van der Waals surface area contributed by atoms with Gasteiger partial charge in [0.25, 0.3) is 0 Å². The molecule has 0 bridgehead atoms. The van der Waals surface area contributed by atoms with Gasteiger partial charge in [-0.1, -0.05) is 9.39 Å². The molecule has 0 aromatic rings. The predicted molar refractivity (Wildman–Crippen MR) is 51.2 cm³/mol. The quantitative estimate of drug-likeness (QED) is 0.198. The number of halogens is 1. The Morgan fingerprint density at radius 1 is 1.89 bits per heavy atom. The first kappa shape index (κ1) is 10.1. The van der Waals surface area contributed by atoms with E-state index in [2.05, 4.69) is 14.5 Å². The maximum absolute atomic E-state index is 9.25. The Morgan fingerprint density at radius 2 is 2.33 bits per heavy atom. The molecule has 0 saturated carbocycles. The van der Waals surface area contributed by atoms with Gasteiger partial charge in [0.2, 0.25) is 0 Å². The van der Waals surface area contributed by atoms with Crippen LogP contribution in [0.15, 0.2) is 0 Å². The lowest BCUT2D eigenvalue weighted by atomic mass is 9.99. The number of nitrogens with one attached hydrogen (secondary N) is 1. The molecule has 0 aliphatic heterocycles. The fourth-order valence-electron chi connectivity index (χ4n) is 0.321. The molecule has 3 atom stereocenters. The first-order chi connectivity index (χ1) is 4.04. The van der Waals surface area contributed by atoms with Crippen LogP contribution in [0.5, 0.6) is 0 Å². The van der Waals surface area contributed by atoms with Crippen LogP contribution >= 0.6 is 32.0 Å². The van der Waals surface area contributed by atoms with Gasteiger partial charge >= 0.3 is 0 Å². The molecule has 3 nitrogen and oxygen atoms in total. The molecule has 9 heavy (non-hydrogen) atoms. The van der Waals surface area contributed by atoms with Crippen molar-refractivity contribution in [2.24, 2.45) is 0 Å². The van der Waals surface area contributed by atoms with E-state index in [0.717, 1.165) is 0 Å². The van der Waals surface area contributed by atoms with E-state index in [1.807, 2.05) is 0 Å². The third-order valence-electron chi connectivity index (χ3n) is 1.07. The zero-order valence-corrected chi connectivity index (χ0v) is 8.45. The summed E-state index contributed by atoms with van der Waals surface area (Å²) in [5.41, 5.74) is 0. The van der Waals surface area contributed by atoms with Crippen LogP contribution in [0.1, 0.15) is 0 Å². The summed E-state index contributed by atoms with van der Waals surface area (Å²) >= 11 is 1.80. The minimum atomic E-state index is -1.06. The van der Waals surface area contributed by atoms with Crippen LogP contribution in [-0.2, 0) is 0 Å². The molecule has 0 radical (unpaired) electrons. The van der Waals surface area contributed by atoms with Gasteiger partial charge in [-0.3, -0.25) is 5.09 Å². The molecule has 0 amide bonds. The number of rotatable bonds is 3. The minimum Gasteiger partial charge on any atom is -0.376 e. The first-order valence-electron chi connectivity index (χ1n) is 2.60. The molecule has 0 aliphatic rings. The lowest BCUT2D eigenvalue weighted by Gasteiger charge is -2.24. The SMILES string of the molecule is BCC(O)(I)C(O)NP. The van der Waals surface area contributed by atoms with Crippen LogP contribution in [0.25, 0.3) is 0 Å². The van der Waals surface area contributed by atoms with Crippen LogP contribution in [0.2, 0.25) is 6.32 Å². The van der Waals surface area contributed by atoms with Crippen molar-refractivity contribution in [1.29, 1.82) is 0 Å². The van der Waals surface area contributed by atoms with Gasteiger partial charge in [-0.2, -0.15) is 0 Å². The van der Waals surface area contributed by atoms with Crippen molar-refractivity contribution in [3.63, 3.8) is 0 Å². The third kappa shape index (κ3) is 3.14. The highest BCUT2D eigenvalue weighted by molar-refractivity contribution is 14.1. The number of hydrogen-bond donors (Lipinski definition) is 3. The second kappa shape index (κ2) is 4.08. The topological polar surface area (TPSA) is 52.5 Å². The van der Waals surface area contributed by atoms with Crippen LogP contribution in [0.4, 0.5) is 0 Å². The van der Waals surface area contributed by atoms with E-state index in [0.29, 0.717) is 6.32 Å². The average Bonchev–Trinajstić information content (AvgIpc) is 1.86. The molecular weight excluding hydrogens is 251 g/mol. The van der Waals surface area contributed by atoms with Crippen molar-refractivity contribution in [2.45, 2.75) is 16.2 Å². The highest BCUT2D eigenvalue weighted by atomic mass is 127. The van der Waals surface area contributed by atoms with Crippen molar-refractivity contribution in [1.82, 2.24) is 5.09 Å². The Balaban J connectivity index is 3.80. The monoisotopic (exact) mass is 261 g/mol. The van der Waals surface area contributed by atoms with Gasteiger partial charge in [-0.15, -0.1) is 0 Å². The summed E-state index contributed by atoms with van der Waals surface area (Å²) in [7, 11) is 3.95. The molecule has 0 aromatic heterocycles. The van der Waals surface area contributed by atoms with Crippen LogP contribution in [0.3, 0.4) is 0 Å². The molecule has 6 heteroatoms. The maximum Gasteiger partial charge on any atom is 0.148 e. The fraction of sp³-hybridized carbons (Fsp3) is 1.00. The molecule has 0 aliphatic carbocycles. The van der Waals surface area contributed by atoms with E-state index in [9.17, 15) is 5.11 Å². The third-order valence-corrected chi connectivity index (χ3v) is 2.74. The number of aliphatic hydroxyl groups is 2. The van der Waals surface area contributed by atoms with E-state index >= 15 is 0 Å². The van der Waals surface area contributed by atoms with E-state index in [1.54, 1.807) is 30.4 Å². The van der Waals surface area contributed by atoms with E-state index in [-0.39, 0.29) is 0 Å². The standard InChI is InChI=1S/C3H10BINO2P/c4-1-3(5,8)2(7)6-9/h2,6-8H,1,4,9H2. The van der Waals surface area contributed by atoms with Crippen molar-refractivity contribution >= 4 is 39.8 Å². The summed E-state index contributed by atoms with van der Waals surface area (Å²) in [5, 5.41) is 20.7. The Kier molecular flexibility index (Phi) is 4.58. The molecule has 3 unspecified atom stereocenters. The molecule has 0 aromatic carbocycles. The molecule has 0 saturated heterocycles. The maximum atomic E-state index is 9.25. The molecule has 0 heterocycles. The second-order valence-electron chi connectivity index (χ2n) is 1.74. The van der Waals surface area contributed by atoms with Crippen LogP contribution in [0, 0.1) is 0 Å². The highest BCUT2D eigenvalue weighted by Crippen LogP contribution is 2.22. The molecule has 54 valence electrons. The molecular formula is C3H10BINO2P. The average molecular weight is 261 g/mol. The van der Waals surface area contributed by atoms with Crippen molar-refractivity contribution < 1.29 is 10.2 Å². The lowest BCUT2D eigenvalue weighted by molar-refractivity contribution is 0.0141. The largest absolute Gasteiger partial charge is 0.376 e. The first-order valence-corrected chi connectivity index (χ1v) is 4.25. The second-order valence-corrected chi connectivity index (χ2v) is 3.94. The van der Waals surface area contributed by atoms with Gasteiger partial charge < -0.3 is 10.2 Å². The van der Waals surface area contributed by atoms with Crippen LogP contribution in [-0.4, -0.2) is 27.9 Å². The molecule has 0 fully saturated rings. The van der Waals surface area contributed by atoms with E-state index < -0.39 is 9.84 Å². The Hall–Kier alpha value is 1.10. The molecule has 0 spiro atoms. The van der Waals surface area contributed by atoms with Gasteiger partial charge in [0, 0.05) is 0 Å².